The maximum absolute atomic E-state index is 5.73. The SMILES string of the molecule is CCCN(Cc1ccc(N)cc1)CC(CC)CC. The minimum absolute atomic E-state index is 0.824. The van der Waals surface area contributed by atoms with Crippen molar-refractivity contribution in [3.63, 3.8) is 0 Å². The highest BCUT2D eigenvalue weighted by atomic mass is 15.1. The topological polar surface area (TPSA) is 29.3 Å². The van der Waals surface area contributed by atoms with Gasteiger partial charge in [0, 0.05) is 18.8 Å². The van der Waals surface area contributed by atoms with E-state index < -0.39 is 0 Å². The van der Waals surface area contributed by atoms with Crippen molar-refractivity contribution in [2.24, 2.45) is 5.92 Å². The van der Waals surface area contributed by atoms with Crippen molar-refractivity contribution < 1.29 is 0 Å². The minimum atomic E-state index is 0.824. The molecule has 0 saturated carbocycles. The van der Waals surface area contributed by atoms with E-state index in [1.165, 1.54) is 37.9 Å². The van der Waals surface area contributed by atoms with E-state index in [0.717, 1.165) is 18.2 Å². The number of hydrogen-bond acceptors (Lipinski definition) is 2. The Morgan fingerprint density at radius 2 is 1.67 bits per heavy atom. The molecule has 0 bridgehead atoms. The third-order valence-corrected chi connectivity index (χ3v) is 3.60. The van der Waals surface area contributed by atoms with Gasteiger partial charge in [-0.05, 0) is 36.6 Å². The Bertz CT molecular complexity index is 314. The van der Waals surface area contributed by atoms with Crippen LogP contribution >= 0.6 is 0 Å². The Morgan fingerprint density at radius 3 is 2.17 bits per heavy atom. The van der Waals surface area contributed by atoms with E-state index in [2.05, 4.69) is 37.8 Å². The van der Waals surface area contributed by atoms with Crippen LogP contribution in [0.25, 0.3) is 0 Å². The van der Waals surface area contributed by atoms with Crippen molar-refractivity contribution >= 4 is 5.69 Å². The van der Waals surface area contributed by atoms with E-state index in [9.17, 15) is 0 Å². The molecule has 0 saturated heterocycles. The fraction of sp³-hybridized carbons (Fsp3) is 0.625. The van der Waals surface area contributed by atoms with E-state index in [4.69, 9.17) is 5.73 Å². The van der Waals surface area contributed by atoms with Crippen LogP contribution in [-0.2, 0) is 6.54 Å². The molecule has 0 aliphatic rings. The zero-order valence-corrected chi connectivity index (χ0v) is 12.2. The van der Waals surface area contributed by atoms with Gasteiger partial charge >= 0.3 is 0 Å². The van der Waals surface area contributed by atoms with Crippen molar-refractivity contribution in [1.82, 2.24) is 4.90 Å². The molecule has 102 valence electrons. The summed E-state index contributed by atoms with van der Waals surface area (Å²) in [4.78, 5) is 2.57. The number of nitrogen functional groups attached to an aromatic ring is 1. The Kier molecular flexibility index (Phi) is 6.81. The molecule has 0 aliphatic carbocycles. The van der Waals surface area contributed by atoms with Gasteiger partial charge in [0.05, 0.1) is 0 Å². The maximum Gasteiger partial charge on any atom is 0.0314 e. The van der Waals surface area contributed by atoms with E-state index >= 15 is 0 Å². The quantitative estimate of drug-likeness (QED) is 0.707. The van der Waals surface area contributed by atoms with E-state index in [1.807, 2.05) is 12.1 Å². The second-order valence-corrected chi connectivity index (χ2v) is 5.16. The van der Waals surface area contributed by atoms with Crippen LogP contribution in [-0.4, -0.2) is 18.0 Å². The zero-order chi connectivity index (χ0) is 13.4. The molecular weight excluding hydrogens is 220 g/mol. The third-order valence-electron chi connectivity index (χ3n) is 3.60. The predicted octanol–water partition coefficient (Wildman–Crippen LogP) is 3.92. The fourth-order valence-electron chi connectivity index (χ4n) is 2.34. The summed E-state index contributed by atoms with van der Waals surface area (Å²) in [7, 11) is 0. The molecule has 18 heavy (non-hydrogen) atoms. The predicted molar refractivity (Wildman–Crippen MR) is 80.5 cm³/mol. The highest BCUT2D eigenvalue weighted by Crippen LogP contribution is 2.14. The van der Waals surface area contributed by atoms with Gasteiger partial charge in [0.15, 0.2) is 0 Å². The number of anilines is 1. The first-order chi connectivity index (χ1) is 8.69. The molecule has 0 aliphatic heterocycles. The van der Waals surface area contributed by atoms with Gasteiger partial charge in [-0.3, -0.25) is 4.90 Å². The molecule has 2 heteroatoms. The van der Waals surface area contributed by atoms with Gasteiger partial charge in [0.25, 0.3) is 0 Å². The molecule has 0 amide bonds. The number of benzene rings is 1. The Balaban J connectivity index is 2.58. The van der Waals surface area contributed by atoms with Crippen LogP contribution in [0.3, 0.4) is 0 Å². The summed E-state index contributed by atoms with van der Waals surface area (Å²) in [6.45, 7) is 10.3. The van der Waals surface area contributed by atoms with Crippen LogP contribution < -0.4 is 5.73 Å². The number of nitrogens with two attached hydrogens (primary N) is 1. The highest BCUT2D eigenvalue weighted by molar-refractivity contribution is 5.39. The number of nitrogens with zero attached hydrogens (tertiary/aromatic N) is 1. The van der Waals surface area contributed by atoms with Gasteiger partial charge in [-0.1, -0.05) is 45.7 Å². The monoisotopic (exact) mass is 248 g/mol. The van der Waals surface area contributed by atoms with Crippen molar-refractivity contribution in [3.05, 3.63) is 29.8 Å². The standard InChI is InChI=1S/C16H28N2/c1-4-11-18(12-14(5-2)6-3)13-15-7-9-16(17)10-8-15/h7-10,14H,4-6,11-13,17H2,1-3H3. The summed E-state index contributed by atoms with van der Waals surface area (Å²) in [5, 5.41) is 0. The van der Waals surface area contributed by atoms with Crippen LogP contribution in [0.5, 0.6) is 0 Å². The van der Waals surface area contributed by atoms with Crippen molar-refractivity contribution in [3.8, 4) is 0 Å². The molecule has 0 unspecified atom stereocenters. The lowest BCUT2D eigenvalue weighted by molar-refractivity contribution is 0.216. The summed E-state index contributed by atoms with van der Waals surface area (Å²) in [5.41, 5.74) is 7.94. The van der Waals surface area contributed by atoms with E-state index in [0.29, 0.717) is 0 Å². The molecule has 0 fully saturated rings. The Hall–Kier alpha value is -1.02. The first-order valence-electron chi connectivity index (χ1n) is 7.26. The van der Waals surface area contributed by atoms with Crippen LogP contribution in [0.15, 0.2) is 24.3 Å². The molecular formula is C16H28N2. The fourth-order valence-corrected chi connectivity index (χ4v) is 2.34. The second-order valence-electron chi connectivity index (χ2n) is 5.16. The van der Waals surface area contributed by atoms with Crippen LogP contribution in [0.4, 0.5) is 5.69 Å². The molecule has 0 radical (unpaired) electrons. The average molecular weight is 248 g/mol. The molecule has 1 aromatic carbocycles. The third kappa shape index (κ3) is 5.09. The number of rotatable bonds is 8. The minimum Gasteiger partial charge on any atom is -0.399 e. The molecule has 1 aromatic rings. The van der Waals surface area contributed by atoms with Gasteiger partial charge < -0.3 is 5.73 Å². The van der Waals surface area contributed by atoms with Crippen LogP contribution in [0.1, 0.15) is 45.6 Å². The summed E-state index contributed by atoms with van der Waals surface area (Å²) >= 11 is 0. The summed E-state index contributed by atoms with van der Waals surface area (Å²) in [5.74, 6) is 0.824. The first kappa shape index (κ1) is 15.0. The Labute approximate surface area is 112 Å². The van der Waals surface area contributed by atoms with Gasteiger partial charge in [0.1, 0.15) is 0 Å². The van der Waals surface area contributed by atoms with Crippen molar-refractivity contribution in [2.45, 2.75) is 46.6 Å². The second kappa shape index (κ2) is 8.15. The largest absolute Gasteiger partial charge is 0.399 e. The van der Waals surface area contributed by atoms with E-state index in [1.54, 1.807) is 0 Å². The highest BCUT2D eigenvalue weighted by Gasteiger charge is 2.11. The molecule has 0 aromatic heterocycles. The molecule has 0 atom stereocenters. The lowest BCUT2D eigenvalue weighted by Crippen LogP contribution is -2.29. The average Bonchev–Trinajstić information content (AvgIpc) is 2.38. The van der Waals surface area contributed by atoms with Crippen molar-refractivity contribution in [2.75, 3.05) is 18.8 Å². The lowest BCUT2D eigenvalue weighted by atomic mass is 10.0. The molecule has 1 rings (SSSR count). The van der Waals surface area contributed by atoms with Crippen LogP contribution in [0, 0.1) is 5.92 Å². The summed E-state index contributed by atoms with van der Waals surface area (Å²) < 4.78 is 0. The van der Waals surface area contributed by atoms with Gasteiger partial charge in [-0.15, -0.1) is 0 Å². The van der Waals surface area contributed by atoms with Gasteiger partial charge in [0.2, 0.25) is 0 Å². The van der Waals surface area contributed by atoms with Crippen molar-refractivity contribution in [1.29, 1.82) is 0 Å². The van der Waals surface area contributed by atoms with Crippen LogP contribution in [0.2, 0.25) is 0 Å². The lowest BCUT2D eigenvalue weighted by Gasteiger charge is -2.26. The van der Waals surface area contributed by atoms with Gasteiger partial charge in [-0.25, -0.2) is 0 Å². The summed E-state index contributed by atoms with van der Waals surface area (Å²) in [6, 6.07) is 8.28. The van der Waals surface area contributed by atoms with Gasteiger partial charge in [-0.2, -0.15) is 0 Å². The molecule has 2 N–H and O–H groups in total. The molecule has 0 spiro atoms. The normalized spacial score (nSPS) is 11.4. The zero-order valence-electron chi connectivity index (χ0n) is 12.2. The first-order valence-corrected chi connectivity index (χ1v) is 7.26. The number of hydrogen-bond donors (Lipinski definition) is 1. The molecule has 2 nitrogen and oxygen atoms in total. The Morgan fingerprint density at radius 1 is 1.06 bits per heavy atom. The maximum atomic E-state index is 5.73. The van der Waals surface area contributed by atoms with E-state index in [-0.39, 0.29) is 0 Å². The molecule has 0 heterocycles. The smallest absolute Gasteiger partial charge is 0.0314 e. The summed E-state index contributed by atoms with van der Waals surface area (Å²) in [6.07, 6.45) is 3.77.